The molecule has 1 amide bonds. The van der Waals surface area contributed by atoms with E-state index in [2.05, 4.69) is 4.98 Å². The van der Waals surface area contributed by atoms with Gasteiger partial charge < -0.3 is 14.5 Å². The molecular formula is C19H17F2N3O2S. The molecule has 4 rings (SSSR count). The van der Waals surface area contributed by atoms with Gasteiger partial charge in [0.2, 0.25) is 0 Å². The smallest absolute Gasteiger partial charge is 0.253 e. The second-order valence-corrected chi connectivity index (χ2v) is 7.25. The van der Waals surface area contributed by atoms with Crippen LogP contribution in [-0.4, -0.2) is 49.1 Å². The van der Waals surface area contributed by atoms with Crippen molar-refractivity contribution in [1.29, 1.82) is 0 Å². The van der Waals surface area contributed by atoms with E-state index < -0.39 is 11.6 Å². The number of amides is 1. The molecule has 140 valence electrons. The van der Waals surface area contributed by atoms with Crippen LogP contribution in [0.25, 0.3) is 10.2 Å². The van der Waals surface area contributed by atoms with Gasteiger partial charge >= 0.3 is 0 Å². The van der Waals surface area contributed by atoms with Crippen LogP contribution in [0.5, 0.6) is 5.75 Å². The second kappa shape index (κ2) is 7.11. The molecule has 0 N–H and O–H groups in total. The van der Waals surface area contributed by atoms with E-state index in [9.17, 15) is 13.6 Å². The molecule has 1 fully saturated rings. The second-order valence-electron chi connectivity index (χ2n) is 6.24. The van der Waals surface area contributed by atoms with Crippen molar-refractivity contribution in [3.63, 3.8) is 0 Å². The van der Waals surface area contributed by atoms with Crippen LogP contribution >= 0.6 is 11.3 Å². The summed E-state index contributed by atoms with van der Waals surface area (Å²) in [5.74, 6) is -0.587. The lowest BCUT2D eigenvalue weighted by Crippen LogP contribution is -2.48. The number of nitrogens with zero attached hydrogens (tertiary/aromatic N) is 3. The third kappa shape index (κ3) is 3.44. The zero-order valence-corrected chi connectivity index (χ0v) is 15.4. The Kier molecular flexibility index (Phi) is 4.65. The molecule has 0 spiro atoms. The van der Waals surface area contributed by atoms with Crippen molar-refractivity contribution in [2.24, 2.45) is 0 Å². The lowest BCUT2D eigenvalue weighted by Gasteiger charge is -2.34. The Morgan fingerprint density at radius 2 is 1.81 bits per heavy atom. The van der Waals surface area contributed by atoms with Gasteiger partial charge in [-0.2, -0.15) is 0 Å². The van der Waals surface area contributed by atoms with Gasteiger partial charge in [-0.25, -0.2) is 13.8 Å². The van der Waals surface area contributed by atoms with Crippen molar-refractivity contribution in [2.75, 3.05) is 38.2 Å². The predicted octanol–water partition coefficient (Wildman–Crippen LogP) is 3.55. The molecule has 1 aliphatic heterocycles. The lowest BCUT2D eigenvalue weighted by molar-refractivity contribution is 0.0746. The number of halogens is 2. The van der Waals surface area contributed by atoms with Crippen LogP contribution in [0, 0.1) is 11.6 Å². The third-order valence-electron chi connectivity index (χ3n) is 4.58. The fourth-order valence-electron chi connectivity index (χ4n) is 3.10. The van der Waals surface area contributed by atoms with E-state index in [0.29, 0.717) is 47.3 Å². The van der Waals surface area contributed by atoms with Crippen molar-refractivity contribution in [3.8, 4) is 5.75 Å². The SMILES string of the molecule is COc1ccc(C(=O)N2CCN(c3nc4c(F)cc(F)cc4s3)CC2)cc1. The Bertz CT molecular complexity index is 983. The minimum Gasteiger partial charge on any atom is -0.497 e. The number of carbonyl (C=O) groups is 1. The summed E-state index contributed by atoms with van der Waals surface area (Å²) in [7, 11) is 1.58. The standard InChI is InChI=1S/C19H17F2N3O2S/c1-26-14-4-2-12(3-5-14)18(25)23-6-8-24(9-7-23)19-22-17-15(21)10-13(20)11-16(17)27-19/h2-5,10-11H,6-9H2,1H3. The average Bonchev–Trinajstić information content (AvgIpc) is 3.12. The zero-order valence-electron chi connectivity index (χ0n) is 14.6. The first kappa shape index (κ1) is 17.7. The molecule has 2 heterocycles. The molecular weight excluding hydrogens is 372 g/mol. The molecule has 27 heavy (non-hydrogen) atoms. The first-order valence-electron chi connectivity index (χ1n) is 8.49. The molecule has 8 heteroatoms. The van der Waals surface area contributed by atoms with Crippen molar-refractivity contribution in [2.45, 2.75) is 0 Å². The van der Waals surface area contributed by atoms with Crippen LogP contribution in [0.3, 0.4) is 0 Å². The Labute approximate surface area is 158 Å². The quantitative estimate of drug-likeness (QED) is 0.687. The Hall–Kier alpha value is -2.74. The molecule has 3 aromatic rings. The molecule has 0 unspecified atom stereocenters. The van der Waals surface area contributed by atoms with Crippen molar-refractivity contribution < 1.29 is 18.3 Å². The number of carbonyl (C=O) groups excluding carboxylic acids is 1. The maximum Gasteiger partial charge on any atom is 0.253 e. The highest BCUT2D eigenvalue weighted by molar-refractivity contribution is 7.22. The van der Waals surface area contributed by atoms with Crippen LogP contribution in [0.2, 0.25) is 0 Å². The Balaban J connectivity index is 1.45. The van der Waals surface area contributed by atoms with Crippen LogP contribution < -0.4 is 9.64 Å². The van der Waals surface area contributed by atoms with Gasteiger partial charge in [-0.15, -0.1) is 0 Å². The third-order valence-corrected chi connectivity index (χ3v) is 5.64. The summed E-state index contributed by atoms with van der Waals surface area (Å²) in [6.07, 6.45) is 0. The number of anilines is 1. The van der Waals surface area contributed by atoms with E-state index in [0.717, 1.165) is 6.07 Å². The minimum atomic E-state index is -0.652. The number of ether oxygens (including phenoxy) is 1. The fourth-order valence-corrected chi connectivity index (χ4v) is 4.15. The van der Waals surface area contributed by atoms with Crippen LogP contribution in [0.15, 0.2) is 36.4 Å². The van der Waals surface area contributed by atoms with Crippen molar-refractivity contribution in [1.82, 2.24) is 9.88 Å². The summed E-state index contributed by atoms with van der Waals surface area (Å²) < 4.78 is 32.8. The van der Waals surface area contributed by atoms with Crippen molar-refractivity contribution in [3.05, 3.63) is 53.6 Å². The minimum absolute atomic E-state index is 0.0327. The van der Waals surface area contributed by atoms with Gasteiger partial charge in [0.15, 0.2) is 10.9 Å². The van der Waals surface area contributed by atoms with Crippen LogP contribution in [0.1, 0.15) is 10.4 Å². The molecule has 0 atom stereocenters. The van der Waals surface area contributed by atoms with Gasteiger partial charge in [-0.05, 0) is 30.3 Å². The van der Waals surface area contributed by atoms with Crippen molar-refractivity contribution >= 4 is 32.6 Å². The van der Waals surface area contributed by atoms with E-state index in [1.165, 1.54) is 17.4 Å². The highest BCUT2D eigenvalue weighted by Gasteiger charge is 2.24. The predicted molar refractivity (Wildman–Crippen MR) is 101 cm³/mol. The number of aromatic nitrogens is 1. The molecule has 1 saturated heterocycles. The number of hydrogen-bond donors (Lipinski definition) is 0. The summed E-state index contributed by atoms with van der Waals surface area (Å²) in [6, 6.07) is 9.16. The van der Waals surface area contributed by atoms with E-state index in [1.807, 2.05) is 4.90 Å². The van der Waals surface area contributed by atoms with Gasteiger partial charge in [0.25, 0.3) is 5.91 Å². The fraction of sp³-hybridized carbons (Fsp3) is 0.263. The first-order valence-corrected chi connectivity index (χ1v) is 9.30. The average molecular weight is 389 g/mol. The summed E-state index contributed by atoms with van der Waals surface area (Å²) in [4.78, 5) is 20.7. The molecule has 0 aliphatic carbocycles. The maximum atomic E-state index is 13.9. The zero-order chi connectivity index (χ0) is 19.0. The van der Waals surface area contributed by atoms with Crippen LogP contribution in [0.4, 0.5) is 13.9 Å². The number of benzene rings is 2. The highest BCUT2D eigenvalue weighted by Crippen LogP contribution is 2.31. The van der Waals surface area contributed by atoms with E-state index >= 15 is 0 Å². The molecule has 0 radical (unpaired) electrons. The number of thiazole rings is 1. The maximum absolute atomic E-state index is 13.9. The van der Waals surface area contributed by atoms with Gasteiger partial charge in [0, 0.05) is 37.8 Å². The number of rotatable bonds is 3. The summed E-state index contributed by atoms with van der Waals surface area (Å²) in [6.45, 7) is 2.26. The van der Waals surface area contributed by atoms with Gasteiger partial charge in [-0.1, -0.05) is 11.3 Å². The molecule has 0 bridgehead atoms. The Morgan fingerprint density at radius 3 is 2.48 bits per heavy atom. The highest BCUT2D eigenvalue weighted by atomic mass is 32.1. The lowest BCUT2D eigenvalue weighted by atomic mass is 10.1. The normalized spacial score (nSPS) is 14.6. The summed E-state index contributed by atoms with van der Waals surface area (Å²) in [5.41, 5.74) is 0.801. The number of piperazine rings is 1. The van der Waals surface area contributed by atoms with E-state index in [-0.39, 0.29) is 11.4 Å². The van der Waals surface area contributed by atoms with E-state index in [1.54, 1.807) is 36.3 Å². The summed E-state index contributed by atoms with van der Waals surface area (Å²) in [5, 5.41) is 0.644. The van der Waals surface area contributed by atoms with Crippen LogP contribution in [-0.2, 0) is 0 Å². The van der Waals surface area contributed by atoms with Gasteiger partial charge in [0.05, 0.1) is 11.8 Å². The van der Waals surface area contributed by atoms with Gasteiger partial charge in [0.1, 0.15) is 17.1 Å². The van der Waals surface area contributed by atoms with E-state index in [4.69, 9.17) is 4.74 Å². The molecule has 5 nitrogen and oxygen atoms in total. The monoisotopic (exact) mass is 389 g/mol. The molecule has 0 saturated carbocycles. The van der Waals surface area contributed by atoms with Gasteiger partial charge in [-0.3, -0.25) is 4.79 Å². The number of hydrogen-bond acceptors (Lipinski definition) is 5. The number of methoxy groups -OCH3 is 1. The topological polar surface area (TPSA) is 45.7 Å². The largest absolute Gasteiger partial charge is 0.497 e. The molecule has 1 aliphatic rings. The first-order chi connectivity index (χ1) is 13.0. The Morgan fingerprint density at radius 1 is 1.11 bits per heavy atom. The molecule has 1 aromatic heterocycles. The molecule has 2 aromatic carbocycles. The summed E-state index contributed by atoms with van der Waals surface area (Å²) >= 11 is 1.26. The number of fused-ring (bicyclic) bond motifs is 1.